The normalized spacial score (nSPS) is 13.6. The van der Waals surface area contributed by atoms with E-state index in [0.717, 1.165) is 44.7 Å². The van der Waals surface area contributed by atoms with Gasteiger partial charge in [0, 0.05) is 46.0 Å². The van der Waals surface area contributed by atoms with Gasteiger partial charge in [-0.15, -0.1) is 0 Å². The molecular formula is C58H61FN4O. The number of rotatable bonds is 6. The Morgan fingerprint density at radius 1 is 0.500 bits per heavy atom. The zero-order valence-electron chi connectivity index (χ0n) is 39.6. The minimum absolute atomic E-state index is 0.00994. The molecule has 64 heavy (non-hydrogen) atoms. The Labute approximate surface area is 379 Å². The van der Waals surface area contributed by atoms with Crippen molar-refractivity contribution in [3.05, 3.63) is 168 Å². The van der Waals surface area contributed by atoms with E-state index in [-0.39, 0.29) is 27.5 Å². The summed E-state index contributed by atoms with van der Waals surface area (Å²) in [6.07, 6.45) is 1.86. The van der Waals surface area contributed by atoms with Gasteiger partial charge in [0.25, 0.3) is 0 Å². The van der Waals surface area contributed by atoms with Crippen LogP contribution in [0.3, 0.4) is 0 Å². The molecule has 0 atom stereocenters. The highest BCUT2D eigenvalue weighted by atomic mass is 19.1. The van der Waals surface area contributed by atoms with Gasteiger partial charge in [-0.1, -0.05) is 132 Å². The molecule has 0 saturated carbocycles. The number of ether oxygens (including phenoxy) is 1. The third kappa shape index (κ3) is 8.04. The number of nitrogens with zero attached hydrogens (tertiary/aromatic N) is 4. The summed E-state index contributed by atoms with van der Waals surface area (Å²) in [4.78, 5) is 9.74. The van der Waals surface area contributed by atoms with Crippen molar-refractivity contribution in [2.75, 3.05) is 16.5 Å². The summed E-state index contributed by atoms with van der Waals surface area (Å²) in [7, 11) is 0. The number of aromatic nitrogens is 2. The number of fused-ring (bicyclic) bond motifs is 4. The van der Waals surface area contributed by atoms with Crippen molar-refractivity contribution in [3.63, 3.8) is 0 Å². The van der Waals surface area contributed by atoms with Gasteiger partial charge in [0.1, 0.15) is 29.8 Å². The van der Waals surface area contributed by atoms with E-state index in [2.05, 4.69) is 188 Å². The molecule has 6 heteroatoms. The molecule has 1 aliphatic heterocycles. The Bertz CT molecular complexity index is 3040. The molecular weight excluding hydrogens is 788 g/mol. The van der Waals surface area contributed by atoms with E-state index in [0.29, 0.717) is 12.4 Å². The van der Waals surface area contributed by atoms with Gasteiger partial charge < -0.3 is 14.5 Å². The van der Waals surface area contributed by atoms with Gasteiger partial charge in [0.2, 0.25) is 0 Å². The van der Waals surface area contributed by atoms with Gasteiger partial charge >= 0.3 is 0 Å². The molecule has 9 rings (SSSR count). The first-order chi connectivity index (χ1) is 30.1. The van der Waals surface area contributed by atoms with Crippen LogP contribution in [0.1, 0.15) is 105 Å². The van der Waals surface area contributed by atoms with E-state index in [1.54, 1.807) is 6.07 Å². The van der Waals surface area contributed by atoms with E-state index in [4.69, 9.17) is 9.72 Å². The summed E-state index contributed by atoms with van der Waals surface area (Å²) in [5.74, 6) is 1.91. The predicted molar refractivity (Wildman–Crippen MR) is 267 cm³/mol. The van der Waals surface area contributed by atoms with Crippen molar-refractivity contribution in [1.29, 1.82) is 0 Å². The van der Waals surface area contributed by atoms with Crippen LogP contribution < -0.4 is 14.5 Å². The fraction of sp³-hybridized carbons (Fsp3) is 0.293. The monoisotopic (exact) mass is 848 g/mol. The smallest absolute Gasteiger partial charge is 0.137 e. The van der Waals surface area contributed by atoms with Crippen molar-refractivity contribution in [1.82, 2.24) is 9.55 Å². The molecule has 5 nitrogen and oxygen atoms in total. The number of anilines is 4. The Kier molecular flexibility index (Phi) is 10.3. The number of hydrogen-bond acceptors (Lipinski definition) is 4. The molecule has 326 valence electrons. The minimum Gasteiger partial charge on any atom is -0.457 e. The van der Waals surface area contributed by atoms with Crippen LogP contribution in [0.25, 0.3) is 38.8 Å². The lowest BCUT2D eigenvalue weighted by molar-refractivity contribution is 0.483. The highest BCUT2D eigenvalue weighted by Crippen LogP contribution is 2.51. The highest BCUT2D eigenvalue weighted by molar-refractivity contribution is 6.09. The van der Waals surface area contributed by atoms with Gasteiger partial charge in [0.15, 0.2) is 0 Å². The van der Waals surface area contributed by atoms with E-state index < -0.39 is 0 Å². The summed E-state index contributed by atoms with van der Waals surface area (Å²) in [5.41, 5.74) is 13.7. The van der Waals surface area contributed by atoms with Gasteiger partial charge in [-0.25, -0.2) is 9.37 Å². The Morgan fingerprint density at radius 2 is 1.16 bits per heavy atom. The van der Waals surface area contributed by atoms with Crippen molar-refractivity contribution < 1.29 is 9.13 Å². The molecule has 8 aromatic rings. The highest BCUT2D eigenvalue weighted by Gasteiger charge is 2.33. The third-order valence-corrected chi connectivity index (χ3v) is 12.8. The fourth-order valence-corrected chi connectivity index (χ4v) is 8.91. The lowest BCUT2D eigenvalue weighted by atomic mass is 9.80. The molecule has 0 saturated heterocycles. The average Bonchev–Trinajstić information content (AvgIpc) is 3.78. The third-order valence-electron chi connectivity index (χ3n) is 12.8. The van der Waals surface area contributed by atoms with Crippen molar-refractivity contribution in [3.8, 4) is 28.4 Å². The van der Waals surface area contributed by atoms with Crippen LogP contribution in [0.4, 0.5) is 27.1 Å². The van der Waals surface area contributed by atoms with Crippen LogP contribution in [0.5, 0.6) is 11.5 Å². The second-order valence-electron chi connectivity index (χ2n) is 21.7. The maximum absolute atomic E-state index is 14.8. The maximum atomic E-state index is 14.8. The summed E-state index contributed by atoms with van der Waals surface area (Å²) >= 11 is 0. The van der Waals surface area contributed by atoms with Crippen LogP contribution in [0.15, 0.2) is 140 Å². The van der Waals surface area contributed by atoms with Crippen LogP contribution in [0, 0.1) is 5.82 Å². The van der Waals surface area contributed by atoms with Crippen LogP contribution in [-0.4, -0.2) is 16.2 Å². The van der Waals surface area contributed by atoms with Crippen molar-refractivity contribution in [2.45, 2.75) is 105 Å². The SMILES string of the molecule is CC(C)(C)c1cccc(-c2cccc3c2N(c2cc(C(C)(C)C)cc(C(C)(C)C)c2)CN3c2cccc(Oc3ccc4c5cc(F)ccc5n(-c5cc(C(C)(C)C)ccn5)c4c3)c2)c1. The van der Waals surface area contributed by atoms with E-state index >= 15 is 0 Å². The van der Waals surface area contributed by atoms with E-state index in [1.807, 2.05) is 36.5 Å². The molecule has 6 aromatic carbocycles. The minimum atomic E-state index is -0.274. The van der Waals surface area contributed by atoms with Crippen LogP contribution in [-0.2, 0) is 21.7 Å². The molecule has 1 aliphatic rings. The largest absolute Gasteiger partial charge is 0.457 e. The van der Waals surface area contributed by atoms with Crippen LogP contribution >= 0.6 is 0 Å². The lowest BCUT2D eigenvalue weighted by Crippen LogP contribution is -2.25. The second kappa shape index (κ2) is 15.4. The molecule has 0 spiro atoms. The van der Waals surface area contributed by atoms with Crippen molar-refractivity contribution >= 4 is 44.6 Å². The number of pyridine rings is 1. The topological polar surface area (TPSA) is 33.5 Å². The summed E-state index contributed by atoms with van der Waals surface area (Å²) in [5, 5.41) is 1.76. The van der Waals surface area contributed by atoms with E-state index in [9.17, 15) is 4.39 Å². The zero-order chi connectivity index (χ0) is 45.5. The summed E-state index contributed by atoms with van der Waals surface area (Å²) < 4.78 is 23.7. The predicted octanol–water partition coefficient (Wildman–Crippen LogP) is 16.2. The quantitative estimate of drug-likeness (QED) is 0.167. The molecule has 3 heterocycles. The van der Waals surface area contributed by atoms with Gasteiger partial charge in [-0.2, -0.15) is 0 Å². The van der Waals surface area contributed by atoms with E-state index in [1.165, 1.54) is 50.8 Å². The molecule has 0 N–H and O–H groups in total. The fourth-order valence-electron chi connectivity index (χ4n) is 8.91. The molecule has 0 aliphatic carbocycles. The Hall–Kier alpha value is -6.40. The average molecular weight is 849 g/mol. The van der Waals surface area contributed by atoms with Gasteiger partial charge in [-0.05, 0) is 122 Å². The maximum Gasteiger partial charge on any atom is 0.137 e. The zero-order valence-corrected chi connectivity index (χ0v) is 39.6. The summed E-state index contributed by atoms with van der Waals surface area (Å²) in [6.45, 7) is 27.9. The first-order valence-corrected chi connectivity index (χ1v) is 22.6. The Balaban J connectivity index is 1.15. The number of halogens is 1. The molecule has 0 amide bonds. The Morgan fingerprint density at radius 3 is 1.86 bits per heavy atom. The van der Waals surface area contributed by atoms with Gasteiger partial charge in [-0.3, -0.25) is 4.57 Å². The lowest BCUT2D eigenvalue weighted by Gasteiger charge is -2.30. The first kappa shape index (κ1) is 42.9. The molecule has 0 radical (unpaired) electrons. The number of hydrogen-bond donors (Lipinski definition) is 0. The first-order valence-electron chi connectivity index (χ1n) is 22.6. The molecule has 0 fully saturated rings. The molecule has 0 bridgehead atoms. The number of benzene rings is 6. The van der Waals surface area contributed by atoms with Crippen molar-refractivity contribution in [2.24, 2.45) is 0 Å². The second-order valence-corrected chi connectivity index (χ2v) is 21.7. The molecule has 0 unspecified atom stereocenters. The van der Waals surface area contributed by atoms with Crippen LogP contribution in [0.2, 0.25) is 0 Å². The van der Waals surface area contributed by atoms with Gasteiger partial charge in [0.05, 0.1) is 22.4 Å². The number of para-hydroxylation sites is 1. The molecule has 2 aromatic heterocycles. The standard InChI is InChI=1S/C58H61FN4O/c1-55(2,3)38-17-13-16-37(28-38)47-20-15-21-51-54(47)62(44-30-40(57(7,8)9)29-41(31-44)58(10,11)12)36-61(51)43-18-14-19-45(34-43)64-46-23-24-48-49-33-42(59)22-25-50(49)63(52(48)35-46)53-32-39(26-27-60-53)56(4,5)6/h13-35H,36H2,1-12H3. The summed E-state index contributed by atoms with van der Waals surface area (Å²) in [6, 6.07) is 46.5.